The van der Waals surface area contributed by atoms with E-state index in [9.17, 15) is 14.4 Å². The first-order valence-corrected chi connectivity index (χ1v) is 18.0. The van der Waals surface area contributed by atoms with Gasteiger partial charge in [-0.2, -0.15) is 0 Å². The number of rotatable bonds is 10. The van der Waals surface area contributed by atoms with Crippen molar-refractivity contribution < 1.29 is 19.5 Å². The highest BCUT2D eigenvalue weighted by molar-refractivity contribution is 9.11. The van der Waals surface area contributed by atoms with Gasteiger partial charge in [0.25, 0.3) is 0 Å². The lowest BCUT2D eigenvalue weighted by Crippen LogP contribution is -2.35. The third kappa shape index (κ3) is 20.6. The second kappa shape index (κ2) is 25.0. The van der Waals surface area contributed by atoms with E-state index in [4.69, 9.17) is 34.0 Å². The van der Waals surface area contributed by atoms with E-state index < -0.39 is 5.97 Å². The molecule has 0 radical (unpaired) electrons. The van der Waals surface area contributed by atoms with Crippen molar-refractivity contribution in [3.63, 3.8) is 0 Å². The van der Waals surface area contributed by atoms with Crippen molar-refractivity contribution in [2.75, 3.05) is 34.3 Å². The van der Waals surface area contributed by atoms with E-state index in [0.29, 0.717) is 31.0 Å². The van der Waals surface area contributed by atoms with Gasteiger partial charge in [0, 0.05) is 68.0 Å². The summed E-state index contributed by atoms with van der Waals surface area (Å²) in [5.41, 5.74) is 8.04. The summed E-state index contributed by atoms with van der Waals surface area (Å²) in [6.45, 7) is 0.862. The highest BCUT2D eigenvalue weighted by atomic mass is 79.9. The Hall–Kier alpha value is -2.11. The standard InChI is InChI=1S/C11H13BrClNO.C11H12BrNO.C6H6BrN.C5H9ClO2/c12-9-4-6-10(7-5-9)14-11(15)3-1-2-8-13;12-9-4-6-10(7-5-9)13-8-2-1-3-11(13)14;7-5-1-3-6(8)4-2-5;6-4-2-1-3-5(7)8/h4-7H,1-3,8H2,(H,14,15);4-7H,1-3,8H2;1-4H,8H2;1-4H2,(H,7,8). The molecule has 0 bridgehead atoms. The zero-order chi connectivity index (χ0) is 33.5. The van der Waals surface area contributed by atoms with Crippen molar-refractivity contribution in [3.05, 3.63) is 86.2 Å². The van der Waals surface area contributed by atoms with Gasteiger partial charge in [-0.1, -0.05) is 47.8 Å². The number of hydrogen-bond donors (Lipinski definition) is 3. The molecular formula is C33H40Br3Cl2N3O4. The fourth-order valence-electron chi connectivity index (χ4n) is 3.67. The predicted octanol–water partition coefficient (Wildman–Crippen LogP) is 10.3. The Morgan fingerprint density at radius 2 is 1.24 bits per heavy atom. The molecule has 1 saturated heterocycles. The number of halogens is 5. The van der Waals surface area contributed by atoms with Crippen LogP contribution in [0.15, 0.2) is 86.2 Å². The molecule has 3 aromatic carbocycles. The Kier molecular flexibility index (Phi) is 22.8. The molecule has 1 heterocycles. The summed E-state index contributed by atoms with van der Waals surface area (Å²) in [4.78, 5) is 34.7. The van der Waals surface area contributed by atoms with Crippen molar-refractivity contribution in [1.82, 2.24) is 0 Å². The van der Waals surface area contributed by atoms with Gasteiger partial charge in [0.2, 0.25) is 11.8 Å². The topological polar surface area (TPSA) is 113 Å². The van der Waals surface area contributed by atoms with E-state index >= 15 is 0 Å². The molecule has 1 aliphatic heterocycles. The van der Waals surface area contributed by atoms with Gasteiger partial charge in [0.05, 0.1) is 0 Å². The molecule has 45 heavy (non-hydrogen) atoms. The number of alkyl halides is 2. The van der Waals surface area contributed by atoms with Crippen LogP contribution < -0.4 is 16.0 Å². The summed E-state index contributed by atoms with van der Waals surface area (Å²) in [6.07, 6.45) is 6.83. The second-order valence-corrected chi connectivity index (χ2v) is 13.3. The molecule has 0 unspecified atom stereocenters. The lowest BCUT2D eigenvalue weighted by atomic mass is 10.1. The molecule has 0 spiro atoms. The average Bonchev–Trinajstić information content (AvgIpc) is 3.02. The number of aliphatic carboxylic acids is 1. The Bertz CT molecular complexity index is 1240. The first kappa shape index (κ1) is 40.9. The number of anilines is 3. The van der Waals surface area contributed by atoms with E-state index in [2.05, 4.69) is 53.1 Å². The van der Waals surface area contributed by atoms with Crippen LogP contribution in [-0.2, 0) is 14.4 Å². The Labute approximate surface area is 301 Å². The molecule has 12 heteroatoms. The van der Waals surface area contributed by atoms with Crippen LogP contribution in [0.3, 0.4) is 0 Å². The van der Waals surface area contributed by atoms with Crippen LogP contribution in [-0.4, -0.2) is 41.2 Å². The Balaban J connectivity index is 0.000000313. The molecule has 2 amide bonds. The highest BCUT2D eigenvalue weighted by Crippen LogP contribution is 2.22. The first-order chi connectivity index (χ1) is 21.5. The molecule has 1 fully saturated rings. The van der Waals surface area contributed by atoms with Crippen molar-refractivity contribution in [1.29, 1.82) is 0 Å². The summed E-state index contributed by atoms with van der Waals surface area (Å²) >= 11 is 20.8. The summed E-state index contributed by atoms with van der Waals surface area (Å²) in [5, 5.41) is 10.9. The quantitative estimate of drug-likeness (QED) is 0.107. The minimum Gasteiger partial charge on any atom is -0.481 e. The van der Waals surface area contributed by atoms with Gasteiger partial charge in [-0.3, -0.25) is 14.4 Å². The number of amides is 2. The SMILES string of the molecule is Nc1ccc(Br)cc1.O=C(CCCCCl)Nc1ccc(Br)cc1.O=C(O)CCCCCl.O=C1CCCCN1c1ccc(Br)cc1. The minimum atomic E-state index is -0.741. The maximum atomic E-state index is 11.6. The lowest BCUT2D eigenvalue weighted by Gasteiger charge is -2.26. The van der Waals surface area contributed by atoms with Crippen molar-refractivity contribution in [2.24, 2.45) is 0 Å². The highest BCUT2D eigenvalue weighted by Gasteiger charge is 2.19. The van der Waals surface area contributed by atoms with Crippen LogP contribution >= 0.6 is 71.0 Å². The van der Waals surface area contributed by atoms with Gasteiger partial charge in [-0.15, -0.1) is 23.2 Å². The second-order valence-electron chi connectivity index (χ2n) is 9.77. The number of benzene rings is 3. The number of carbonyl (C=O) groups is 3. The molecule has 3 aromatic rings. The van der Waals surface area contributed by atoms with Gasteiger partial charge in [-0.05, 0) is 111 Å². The largest absolute Gasteiger partial charge is 0.481 e. The number of unbranched alkanes of at least 4 members (excludes halogenated alkanes) is 2. The number of carboxylic acid groups (broad SMARTS) is 1. The van der Waals surface area contributed by atoms with Gasteiger partial charge < -0.3 is 21.1 Å². The lowest BCUT2D eigenvalue weighted by molar-refractivity contribution is -0.137. The molecule has 1 aliphatic rings. The van der Waals surface area contributed by atoms with Crippen molar-refractivity contribution in [3.8, 4) is 0 Å². The van der Waals surface area contributed by atoms with Crippen LogP contribution in [0, 0.1) is 0 Å². The molecule has 0 aromatic heterocycles. The summed E-state index contributed by atoms with van der Waals surface area (Å²) in [6, 6.07) is 22.9. The number of nitrogens with one attached hydrogen (secondary N) is 1. The Morgan fingerprint density at radius 1 is 0.756 bits per heavy atom. The predicted molar refractivity (Wildman–Crippen MR) is 198 cm³/mol. The number of nitrogens with two attached hydrogens (primary N) is 1. The van der Waals surface area contributed by atoms with Crippen LogP contribution in [0.1, 0.15) is 57.8 Å². The smallest absolute Gasteiger partial charge is 0.303 e. The van der Waals surface area contributed by atoms with Crippen LogP contribution in [0.25, 0.3) is 0 Å². The van der Waals surface area contributed by atoms with Gasteiger partial charge in [-0.25, -0.2) is 0 Å². The zero-order valence-corrected chi connectivity index (χ0v) is 31.3. The number of nitrogen functional groups attached to an aromatic ring is 1. The fraction of sp³-hybridized carbons (Fsp3) is 0.364. The number of carboxylic acids is 1. The van der Waals surface area contributed by atoms with E-state index in [1.165, 1.54) is 0 Å². The van der Waals surface area contributed by atoms with Crippen LogP contribution in [0.4, 0.5) is 17.1 Å². The molecule has 4 N–H and O–H groups in total. The Morgan fingerprint density at radius 3 is 1.71 bits per heavy atom. The first-order valence-electron chi connectivity index (χ1n) is 14.5. The monoisotopic (exact) mass is 849 g/mol. The summed E-state index contributed by atoms with van der Waals surface area (Å²) in [7, 11) is 0. The number of piperidine rings is 1. The third-order valence-electron chi connectivity index (χ3n) is 6.02. The van der Waals surface area contributed by atoms with Gasteiger partial charge in [0.1, 0.15) is 0 Å². The van der Waals surface area contributed by atoms with Crippen LogP contribution in [0.5, 0.6) is 0 Å². The maximum Gasteiger partial charge on any atom is 0.303 e. The molecular weight excluding hydrogens is 813 g/mol. The normalized spacial score (nSPS) is 11.9. The summed E-state index contributed by atoms with van der Waals surface area (Å²) in [5.74, 6) is 0.731. The van der Waals surface area contributed by atoms with Gasteiger partial charge >= 0.3 is 5.97 Å². The zero-order valence-electron chi connectivity index (χ0n) is 25.0. The third-order valence-corrected chi connectivity index (χ3v) is 8.14. The number of nitrogens with zero attached hydrogens (tertiary/aromatic N) is 1. The van der Waals surface area contributed by atoms with E-state index in [1.807, 2.05) is 77.7 Å². The molecule has 0 atom stereocenters. The number of hydrogen-bond acceptors (Lipinski definition) is 4. The number of carbonyl (C=O) groups excluding carboxylic acids is 2. The molecule has 0 aliphatic carbocycles. The van der Waals surface area contributed by atoms with Crippen molar-refractivity contribution in [2.45, 2.75) is 57.8 Å². The van der Waals surface area contributed by atoms with E-state index in [0.717, 1.165) is 69.1 Å². The van der Waals surface area contributed by atoms with E-state index in [1.54, 1.807) is 0 Å². The average molecular weight is 853 g/mol. The van der Waals surface area contributed by atoms with Crippen LogP contribution in [0.2, 0.25) is 0 Å². The summed E-state index contributed by atoms with van der Waals surface area (Å²) < 4.78 is 3.11. The molecule has 4 rings (SSSR count). The molecule has 7 nitrogen and oxygen atoms in total. The molecule has 246 valence electrons. The maximum absolute atomic E-state index is 11.6. The molecule has 0 saturated carbocycles. The fourth-order valence-corrected chi connectivity index (χ4v) is 4.84. The van der Waals surface area contributed by atoms with Crippen molar-refractivity contribution >= 4 is 106 Å². The minimum absolute atomic E-state index is 0.0439. The van der Waals surface area contributed by atoms with Gasteiger partial charge in [0.15, 0.2) is 0 Å². The van der Waals surface area contributed by atoms with E-state index in [-0.39, 0.29) is 18.2 Å².